The molecule has 0 aliphatic carbocycles. The third-order valence-electron chi connectivity index (χ3n) is 4.16. The van der Waals surface area contributed by atoms with Gasteiger partial charge >= 0.3 is 0 Å². The van der Waals surface area contributed by atoms with Gasteiger partial charge in [0.25, 0.3) is 0 Å². The molecule has 0 aliphatic heterocycles. The zero-order valence-electron chi connectivity index (χ0n) is 22.7. The summed E-state index contributed by atoms with van der Waals surface area (Å²) in [6.07, 6.45) is 5.33. The molecule has 0 N–H and O–H groups in total. The number of rotatable bonds is 23. The number of nitrogens with zero attached hydrogens (tertiary/aromatic N) is 1. The Hall–Kier alpha value is 0.580. The van der Waals surface area contributed by atoms with Gasteiger partial charge in [0.15, 0.2) is 12.6 Å². The average Bonchev–Trinajstić information content (AvgIpc) is 2.68. The fourth-order valence-electron chi connectivity index (χ4n) is 2.96. The summed E-state index contributed by atoms with van der Waals surface area (Å²) in [6, 6.07) is 0. The lowest BCUT2D eigenvalue weighted by Crippen LogP contribution is -2.31. The molecule has 33 heavy (non-hydrogen) atoms. The van der Waals surface area contributed by atoms with Gasteiger partial charge in [-0.25, -0.2) is 0 Å². The molecule has 7 nitrogen and oxygen atoms in total. The Balaban J connectivity index is 4.45. The van der Waals surface area contributed by atoms with Gasteiger partial charge in [0.05, 0.1) is 31.0 Å². The van der Waals surface area contributed by atoms with Crippen molar-refractivity contribution < 1.29 is 28.5 Å². The molecule has 0 bridgehead atoms. The lowest BCUT2D eigenvalue weighted by molar-refractivity contribution is -0.167. The zero-order valence-corrected chi connectivity index (χ0v) is 24.7. The van der Waals surface area contributed by atoms with Crippen molar-refractivity contribution in [3.8, 4) is 0 Å². The van der Waals surface area contributed by atoms with Gasteiger partial charge in [0, 0.05) is 39.1 Å². The maximum atomic E-state index is 6.05. The molecule has 0 saturated heterocycles. The highest BCUT2D eigenvalue weighted by molar-refractivity contribution is 7.38. The van der Waals surface area contributed by atoms with Crippen molar-refractivity contribution in [2.45, 2.75) is 98.8 Å². The summed E-state index contributed by atoms with van der Waals surface area (Å²) < 4.78 is 28.8. The predicted octanol–water partition coefficient (Wildman–Crippen LogP) is 4.97. The number of hydrogen-bond donors (Lipinski definition) is 0. The van der Waals surface area contributed by atoms with E-state index in [4.69, 9.17) is 28.5 Å². The Morgan fingerprint density at radius 1 is 0.606 bits per heavy atom. The minimum Gasteiger partial charge on any atom is -0.385 e. The molecule has 200 valence electrons. The summed E-state index contributed by atoms with van der Waals surface area (Å²) in [5.41, 5.74) is 0. The zero-order chi connectivity index (χ0) is 25.1. The molecule has 0 radical (unpaired) electrons. The highest BCUT2D eigenvalue weighted by Crippen LogP contribution is 2.19. The van der Waals surface area contributed by atoms with E-state index in [-0.39, 0.29) is 37.0 Å². The van der Waals surface area contributed by atoms with E-state index in [0.29, 0.717) is 6.61 Å². The van der Waals surface area contributed by atoms with Gasteiger partial charge in [0.2, 0.25) is 0 Å². The third kappa shape index (κ3) is 22.8. The van der Waals surface area contributed by atoms with Crippen molar-refractivity contribution >= 4 is 17.2 Å². The van der Waals surface area contributed by atoms with Gasteiger partial charge in [-0.15, -0.1) is 17.2 Å². The number of methoxy groups -OCH3 is 1. The van der Waals surface area contributed by atoms with E-state index >= 15 is 0 Å². The fourth-order valence-corrected chi connectivity index (χ4v) is 5.04. The molecule has 0 aromatic carbocycles. The largest absolute Gasteiger partial charge is 0.385 e. The fraction of sp³-hybridized carbons (Fsp3) is 1.00. The van der Waals surface area contributed by atoms with Gasteiger partial charge in [-0.05, 0) is 74.1 Å². The van der Waals surface area contributed by atoms with Crippen molar-refractivity contribution in [2.75, 3.05) is 58.1 Å². The summed E-state index contributed by atoms with van der Waals surface area (Å²) >= 11 is 0. The normalized spacial score (nSPS) is 13.5. The van der Waals surface area contributed by atoms with E-state index in [0.717, 1.165) is 67.9 Å². The molecule has 2 atom stereocenters. The first kappa shape index (κ1) is 33.6. The van der Waals surface area contributed by atoms with Crippen LogP contribution in [0.2, 0.25) is 0 Å². The first-order valence-electron chi connectivity index (χ1n) is 12.5. The predicted molar refractivity (Wildman–Crippen MR) is 143 cm³/mol. The number of hydrogen-bond acceptors (Lipinski definition) is 7. The van der Waals surface area contributed by atoms with Crippen LogP contribution in [0, 0.1) is 0 Å². The maximum Gasteiger partial charge on any atom is 0.161 e. The van der Waals surface area contributed by atoms with Gasteiger partial charge in [-0.1, -0.05) is 0 Å². The Morgan fingerprint density at radius 2 is 1.00 bits per heavy atom. The van der Waals surface area contributed by atoms with Gasteiger partial charge in [-0.3, -0.25) is 4.84 Å². The number of hydroxylamine groups is 2. The van der Waals surface area contributed by atoms with Crippen LogP contribution >= 0.6 is 17.2 Å². The Kier molecular flexibility index (Phi) is 22.2. The second-order valence-corrected chi connectivity index (χ2v) is 11.9. The standard InChI is InChI=1S/C24H53NO6P2/c1-19(2)28-23(29-20(3)4)17-32-15-11-25(27-14-10-13-26-9)12-16-33-18-24(30-21(5)6)31-22(7)8/h19-24,32-33H,10-18H2,1-9H3. The van der Waals surface area contributed by atoms with Crippen LogP contribution in [0.1, 0.15) is 61.8 Å². The summed E-state index contributed by atoms with van der Waals surface area (Å²) in [6.45, 7) is 19.7. The van der Waals surface area contributed by atoms with Crippen molar-refractivity contribution in [2.24, 2.45) is 0 Å². The lowest BCUT2D eigenvalue weighted by atomic mass is 10.4. The third-order valence-corrected chi connectivity index (χ3v) is 6.56. The van der Waals surface area contributed by atoms with Crippen LogP contribution in [0.25, 0.3) is 0 Å². The van der Waals surface area contributed by atoms with Crippen LogP contribution in [0.3, 0.4) is 0 Å². The Labute approximate surface area is 207 Å². The minimum absolute atomic E-state index is 0.125. The van der Waals surface area contributed by atoms with Gasteiger partial charge in [-0.2, -0.15) is 5.06 Å². The van der Waals surface area contributed by atoms with Crippen molar-refractivity contribution in [1.29, 1.82) is 0 Å². The highest BCUT2D eigenvalue weighted by Gasteiger charge is 2.15. The summed E-state index contributed by atoms with van der Waals surface area (Å²) in [5.74, 6) is 0. The topological polar surface area (TPSA) is 58.6 Å². The van der Waals surface area contributed by atoms with Crippen molar-refractivity contribution in [1.82, 2.24) is 5.06 Å². The van der Waals surface area contributed by atoms with E-state index in [1.54, 1.807) is 7.11 Å². The second-order valence-electron chi connectivity index (χ2n) is 9.12. The molecular formula is C24H53NO6P2. The molecule has 0 amide bonds. The van der Waals surface area contributed by atoms with Crippen LogP contribution in [-0.4, -0.2) is 100 Å². The summed E-state index contributed by atoms with van der Waals surface area (Å²) in [5, 5.41) is 2.12. The van der Waals surface area contributed by atoms with Crippen molar-refractivity contribution in [3.05, 3.63) is 0 Å². The molecule has 0 spiro atoms. The minimum atomic E-state index is -0.125. The van der Waals surface area contributed by atoms with E-state index in [1.807, 2.05) is 0 Å². The smallest absolute Gasteiger partial charge is 0.161 e. The first-order chi connectivity index (χ1) is 15.6. The molecular weight excluding hydrogens is 460 g/mol. The van der Waals surface area contributed by atoms with Gasteiger partial charge in [0.1, 0.15) is 0 Å². The van der Waals surface area contributed by atoms with Crippen LogP contribution < -0.4 is 0 Å². The SMILES string of the molecule is COCCCON(CCPCC(OC(C)C)OC(C)C)CCPCC(OC(C)C)OC(C)C. The van der Waals surface area contributed by atoms with Crippen molar-refractivity contribution in [3.63, 3.8) is 0 Å². The van der Waals surface area contributed by atoms with Crippen LogP contribution in [-0.2, 0) is 28.5 Å². The van der Waals surface area contributed by atoms with Crippen LogP contribution in [0.5, 0.6) is 0 Å². The second kappa shape index (κ2) is 21.8. The quantitative estimate of drug-likeness (QED) is 0.0828. The summed E-state index contributed by atoms with van der Waals surface area (Å²) in [4.78, 5) is 6.05. The lowest BCUT2D eigenvalue weighted by Gasteiger charge is -2.25. The molecule has 0 aromatic heterocycles. The highest BCUT2D eigenvalue weighted by atomic mass is 31.1. The molecule has 2 unspecified atom stereocenters. The molecule has 0 rings (SSSR count). The van der Waals surface area contributed by atoms with Crippen LogP contribution in [0.4, 0.5) is 0 Å². The van der Waals surface area contributed by atoms with E-state index in [1.165, 1.54) is 0 Å². The Morgan fingerprint density at radius 3 is 1.33 bits per heavy atom. The molecule has 0 saturated carbocycles. The summed E-state index contributed by atoms with van der Waals surface area (Å²) in [7, 11) is 3.27. The molecule has 0 heterocycles. The maximum absolute atomic E-state index is 6.05. The molecule has 0 aliphatic rings. The van der Waals surface area contributed by atoms with E-state index in [2.05, 4.69) is 60.5 Å². The molecule has 0 aromatic rings. The number of ether oxygens (including phenoxy) is 5. The monoisotopic (exact) mass is 513 g/mol. The molecule has 0 fully saturated rings. The molecule has 9 heteroatoms. The van der Waals surface area contributed by atoms with Crippen LogP contribution in [0.15, 0.2) is 0 Å². The first-order valence-corrected chi connectivity index (χ1v) is 15.4. The van der Waals surface area contributed by atoms with E-state index in [9.17, 15) is 0 Å². The average molecular weight is 514 g/mol. The van der Waals surface area contributed by atoms with E-state index < -0.39 is 0 Å². The van der Waals surface area contributed by atoms with Gasteiger partial charge < -0.3 is 23.7 Å². The Bertz CT molecular complexity index is 378.